The lowest BCUT2D eigenvalue weighted by molar-refractivity contribution is -0.120. The Balaban J connectivity index is 1.30. The minimum absolute atomic E-state index is 0.187. The summed E-state index contributed by atoms with van der Waals surface area (Å²) in [5.74, 6) is -0.289. The molecule has 3 N–H and O–H groups in total. The van der Waals surface area contributed by atoms with Gasteiger partial charge in [0.15, 0.2) is 0 Å². The summed E-state index contributed by atoms with van der Waals surface area (Å²) in [6, 6.07) is 21.4. The predicted molar refractivity (Wildman–Crippen MR) is 145 cm³/mol. The predicted octanol–water partition coefficient (Wildman–Crippen LogP) is 5.23. The Morgan fingerprint density at radius 2 is 1.74 bits per heavy atom. The van der Waals surface area contributed by atoms with E-state index in [1.165, 1.54) is 0 Å². The molecule has 1 aromatic heterocycles. The van der Waals surface area contributed by atoms with E-state index in [4.69, 9.17) is 10.5 Å². The van der Waals surface area contributed by atoms with Gasteiger partial charge >= 0.3 is 6.09 Å². The van der Waals surface area contributed by atoms with Gasteiger partial charge in [0.05, 0.1) is 22.8 Å². The van der Waals surface area contributed by atoms with Crippen molar-refractivity contribution in [2.45, 2.75) is 69.1 Å². The molecule has 5 rings (SSSR count). The van der Waals surface area contributed by atoms with Crippen molar-refractivity contribution in [1.29, 1.82) is 0 Å². The second-order valence-electron chi connectivity index (χ2n) is 11.3. The van der Waals surface area contributed by atoms with Crippen molar-refractivity contribution in [1.82, 2.24) is 9.88 Å². The van der Waals surface area contributed by atoms with Crippen LogP contribution in [-0.2, 0) is 20.5 Å². The van der Waals surface area contributed by atoms with Crippen LogP contribution in [0.15, 0.2) is 72.9 Å². The van der Waals surface area contributed by atoms with Gasteiger partial charge in [-0.15, -0.1) is 0 Å². The Morgan fingerprint density at radius 1 is 1.05 bits per heavy atom. The van der Waals surface area contributed by atoms with E-state index in [9.17, 15) is 14.7 Å². The fraction of sp³-hybridized carbons (Fsp3) is 0.387. The molecule has 7 heteroatoms. The number of pyridine rings is 1. The number of ether oxygens (including phenoxy) is 1. The van der Waals surface area contributed by atoms with Gasteiger partial charge in [-0.3, -0.25) is 9.78 Å². The number of amides is 2. The number of benzene rings is 2. The lowest BCUT2D eigenvalue weighted by Gasteiger charge is -2.45. The molecule has 0 spiro atoms. The highest BCUT2D eigenvalue weighted by Gasteiger charge is 2.50. The van der Waals surface area contributed by atoms with Gasteiger partial charge in [0.25, 0.3) is 0 Å². The number of primary amides is 1. The molecule has 1 aliphatic heterocycles. The average molecular weight is 514 g/mol. The molecule has 2 amide bonds. The molecule has 2 atom stereocenters. The number of cyclic esters (lactones) is 1. The highest BCUT2D eigenvalue weighted by Crippen LogP contribution is 2.48. The minimum Gasteiger partial charge on any atom is -0.438 e. The number of hydrogen-bond donors (Lipinski definition) is 2. The smallest absolute Gasteiger partial charge is 0.411 e. The molecule has 1 saturated heterocycles. The van der Waals surface area contributed by atoms with E-state index in [0.29, 0.717) is 19.4 Å². The molecule has 1 saturated carbocycles. The summed E-state index contributed by atoms with van der Waals surface area (Å²) in [5.41, 5.74) is 7.70. The first-order valence-electron chi connectivity index (χ1n) is 13.2. The summed E-state index contributed by atoms with van der Waals surface area (Å²) in [6.45, 7) is 5.99. The van der Waals surface area contributed by atoms with E-state index < -0.39 is 16.6 Å². The van der Waals surface area contributed by atoms with E-state index in [1.54, 1.807) is 24.9 Å². The van der Waals surface area contributed by atoms with Gasteiger partial charge in [-0.25, -0.2) is 4.79 Å². The lowest BCUT2D eigenvalue weighted by Crippen LogP contribution is -2.51. The van der Waals surface area contributed by atoms with Gasteiger partial charge in [0, 0.05) is 31.1 Å². The maximum atomic E-state index is 13.3. The SMILES string of the molecule is C[C@@H](c1ccc(-c2ccc(C3(C(N)=O)CC3)cn2)cc1)N1CCC(CC(C)(C)O)(c2ccccc2)OC1=O. The first-order valence-corrected chi connectivity index (χ1v) is 13.2. The van der Waals surface area contributed by atoms with Gasteiger partial charge in [0.2, 0.25) is 5.91 Å². The standard InChI is InChI=1S/C31H35N3O4/c1-21(34-18-17-31(38-28(34)36,20-29(2,3)37)24-7-5-4-6-8-24)22-9-11-23(12-10-22)26-14-13-25(19-33-26)30(15-16-30)27(32)35/h4-14,19,21,37H,15-18,20H2,1-3H3,(H2,32,35)/t21-,31?/m0/s1. The van der Waals surface area contributed by atoms with Crippen LogP contribution in [0.2, 0.25) is 0 Å². The minimum atomic E-state index is -0.995. The molecule has 0 bridgehead atoms. The highest BCUT2D eigenvalue weighted by molar-refractivity contribution is 5.89. The number of nitrogens with zero attached hydrogens (tertiary/aromatic N) is 2. The zero-order chi connectivity index (χ0) is 27.1. The number of carbonyl (C=O) groups excluding carboxylic acids is 2. The molecule has 2 aliphatic rings. The molecule has 1 aliphatic carbocycles. The number of carbonyl (C=O) groups is 2. The van der Waals surface area contributed by atoms with Crippen LogP contribution in [0.5, 0.6) is 0 Å². The van der Waals surface area contributed by atoms with Crippen molar-refractivity contribution >= 4 is 12.0 Å². The number of nitrogens with two attached hydrogens (primary N) is 1. The van der Waals surface area contributed by atoms with Gasteiger partial charge in [0.1, 0.15) is 5.60 Å². The van der Waals surface area contributed by atoms with Gasteiger partial charge in [-0.05, 0) is 56.4 Å². The maximum Gasteiger partial charge on any atom is 0.411 e. The molecule has 3 aromatic rings. The largest absolute Gasteiger partial charge is 0.438 e. The Hall–Kier alpha value is -3.71. The fourth-order valence-corrected chi connectivity index (χ4v) is 5.65. The van der Waals surface area contributed by atoms with Crippen LogP contribution in [-0.4, -0.2) is 39.1 Å². The van der Waals surface area contributed by atoms with Crippen LogP contribution in [0.25, 0.3) is 11.3 Å². The molecular formula is C31H35N3O4. The molecular weight excluding hydrogens is 478 g/mol. The number of hydrogen-bond acceptors (Lipinski definition) is 5. The summed E-state index contributed by atoms with van der Waals surface area (Å²) in [7, 11) is 0. The maximum absolute atomic E-state index is 13.3. The summed E-state index contributed by atoms with van der Waals surface area (Å²) in [6.07, 6.45) is 3.82. The van der Waals surface area contributed by atoms with Crippen LogP contribution in [0, 0.1) is 0 Å². The molecule has 2 aromatic carbocycles. The van der Waals surface area contributed by atoms with Crippen LogP contribution in [0.3, 0.4) is 0 Å². The van der Waals surface area contributed by atoms with Gasteiger partial charge in [-0.2, -0.15) is 0 Å². The fourth-order valence-electron chi connectivity index (χ4n) is 5.65. The molecule has 1 unspecified atom stereocenters. The third-order valence-electron chi connectivity index (χ3n) is 7.99. The Labute approximate surface area is 223 Å². The third kappa shape index (κ3) is 4.90. The van der Waals surface area contributed by atoms with E-state index in [1.807, 2.05) is 73.7 Å². The quantitative estimate of drug-likeness (QED) is 0.429. The lowest BCUT2D eigenvalue weighted by atomic mass is 9.80. The molecule has 0 radical (unpaired) electrons. The third-order valence-corrected chi connectivity index (χ3v) is 7.99. The van der Waals surface area contributed by atoms with E-state index in [0.717, 1.165) is 40.8 Å². The van der Waals surface area contributed by atoms with Crippen LogP contribution in [0.4, 0.5) is 4.79 Å². The van der Waals surface area contributed by atoms with Crippen LogP contribution in [0.1, 0.15) is 69.2 Å². The molecule has 2 heterocycles. The molecule has 198 valence electrons. The number of aliphatic hydroxyl groups is 1. The zero-order valence-electron chi connectivity index (χ0n) is 22.2. The van der Waals surface area contributed by atoms with Crippen molar-refractivity contribution < 1.29 is 19.4 Å². The monoisotopic (exact) mass is 513 g/mol. The Kier molecular flexibility index (Phi) is 6.51. The second-order valence-corrected chi connectivity index (χ2v) is 11.3. The second kappa shape index (κ2) is 9.55. The first kappa shape index (κ1) is 25.9. The zero-order valence-corrected chi connectivity index (χ0v) is 22.2. The molecule has 38 heavy (non-hydrogen) atoms. The summed E-state index contributed by atoms with van der Waals surface area (Å²) in [5, 5.41) is 10.6. The van der Waals surface area contributed by atoms with Crippen LogP contribution >= 0.6 is 0 Å². The summed E-state index contributed by atoms with van der Waals surface area (Å²) in [4.78, 5) is 31.4. The van der Waals surface area contributed by atoms with Crippen molar-refractivity contribution in [2.24, 2.45) is 5.73 Å². The van der Waals surface area contributed by atoms with Crippen molar-refractivity contribution in [3.63, 3.8) is 0 Å². The highest BCUT2D eigenvalue weighted by atomic mass is 16.6. The van der Waals surface area contributed by atoms with Crippen molar-refractivity contribution in [3.05, 3.63) is 89.6 Å². The number of rotatable bonds is 8. The van der Waals surface area contributed by atoms with Crippen molar-refractivity contribution in [3.8, 4) is 11.3 Å². The van der Waals surface area contributed by atoms with E-state index in [-0.39, 0.29) is 18.0 Å². The van der Waals surface area contributed by atoms with Crippen molar-refractivity contribution in [2.75, 3.05) is 6.54 Å². The first-order chi connectivity index (χ1) is 18.0. The van der Waals surface area contributed by atoms with E-state index >= 15 is 0 Å². The normalized spacial score (nSPS) is 21.5. The molecule has 7 nitrogen and oxygen atoms in total. The van der Waals surface area contributed by atoms with Gasteiger partial charge in [-0.1, -0.05) is 60.7 Å². The topological polar surface area (TPSA) is 106 Å². The van der Waals surface area contributed by atoms with Crippen LogP contribution < -0.4 is 5.73 Å². The number of aromatic nitrogens is 1. The summed E-state index contributed by atoms with van der Waals surface area (Å²) < 4.78 is 6.13. The average Bonchev–Trinajstić information content (AvgIpc) is 3.71. The Bertz CT molecular complexity index is 1310. The van der Waals surface area contributed by atoms with E-state index in [2.05, 4.69) is 4.98 Å². The summed E-state index contributed by atoms with van der Waals surface area (Å²) >= 11 is 0. The van der Waals surface area contributed by atoms with Gasteiger partial charge < -0.3 is 20.5 Å². The molecule has 2 fully saturated rings. The Morgan fingerprint density at radius 3 is 2.26 bits per heavy atom.